The Hall–Kier alpha value is -1.75. The van der Waals surface area contributed by atoms with Crippen LogP contribution in [0.1, 0.15) is 13.3 Å². The fraction of sp³-hybridized carbons (Fsp3) is 0.562. The molecule has 1 amide bonds. The third-order valence-electron chi connectivity index (χ3n) is 4.11. The SMILES string of the molecule is CCN(CC1CCOC1)C(=O)C1CNc2ccccc2O1. The van der Waals surface area contributed by atoms with Crippen LogP contribution in [0.15, 0.2) is 24.3 Å². The molecule has 0 aliphatic carbocycles. The lowest BCUT2D eigenvalue weighted by atomic mass is 10.1. The highest BCUT2D eigenvalue weighted by Crippen LogP contribution is 2.28. The topological polar surface area (TPSA) is 50.8 Å². The van der Waals surface area contributed by atoms with Gasteiger partial charge in [0, 0.05) is 25.6 Å². The molecular formula is C16H22N2O3. The lowest BCUT2D eigenvalue weighted by Gasteiger charge is -2.31. The molecule has 21 heavy (non-hydrogen) atoms. The van der Waals surface area contributed by atoms with Crippen LogP contribution in [0.5, 0.6) is 5.75 Å². The quantitative estimate of drug-likeness (QED) is 0.918. The Morgan fingerprint density at radius 1 is 1.43 bits per heavy atom. The zero-order chi connectivity index (χ0) is 14.7. The largest absolute Gasteiger partial charge is 0.477 e. The zero-order valence-corrected chi connectivity index (χ0v) is 12.4. The van der Waals surface area contributed by atoms with Gasteiger partial charge >= 0.3 is 0 Å². The van der Waals surface area contributed by atoms with Gasteiger partial charge in [0.15, 0.2) is 6.10 Å². The van der Waals surface area contributed by atoms with Crippen LogP contribution in [-0.2, 0) is 9.53 Å². The molecule has 2 aliphatic rings. The summed E-state index contributed by atoms with van der Waals surface area (Å²) in [5.74, 6) is 1.27. The molecule has 2 heterocycles. The van der Waals surface area contributed by atoms with Crippen molar-refractivity contribution >= 4 is 11.6 Å². The summed E-state index contributed by atoms with van der Waals surface area (Å²) < 4.78 is 11.2. The number of rotatable bonds is 4. The molecular weight excluding hydrogens is 268 g/mol. The van der Waals surface area contributed by atoms with Gasteiger partial charge in [0.2, 0.25) is 0 Å². The predicted octanol–water partition coefficient (Wildman–Crippen LogP) is 1.74. The molecule has 1 N–H and O–H groups in total. The molecule has 1 fully saturated rings. The zero-order valence-electron chi connectivity index (χ0n) is 12.4. The molecule has 5 nitrogen and oxygen atoms in total. The highest BCUT2D eigenvalue weighted by Gasteiger charge is 2.30. The van der Waals surface area contributed by atoms with Gasteiger partial charge in [-0.25, -0.2) is 0 Å². The van der Waals surface area contributed by atoms with Crippen LogP contribution in [0.4, 0.5) is 5.69 Å². The molecule has 0 spiro atoms. The monoisotopic (exact) mass is 290 g/mol. The van der Waals surface area contributed by atoms with E-state index in [2.05, 4.69) is 5.32 Å². The van der Waals surface area contributed by atoms with Gasteiger partial charge in [0.1, 0.15) is 5.75 Å². The Morgan fingerprint density at radius 3 is 3.05 bits per heavy atom. The number of nitrogens with one attached hydrogen (secondary N) is 1. The summed E-state index contributed by atoms with van der Waals surface area (Å²) in [7, 11) is 0. The first-order valence-corrected chi connectivity index (χ1v) is 7.64. The van der Waals surface area contributed by atoms with Crippen LogP contribution in [-0.4, -0.2) is 49.8 Å². The highest BCUT2D eigenvalue weighted by atomic mass is 16.5. The summed E-state index contributed by atoms with van der Waals surface area (Å²) in [6, 6.07) is 7.73. The lowest BCUT2D eigenvalue weighted by molar-refractivity contribution is -0.138. The summed E-state index contributed by atoms with van der Waals surface area (Å²) in [6.45, 7) is 5.57. The van der Waals surface area contributed by atoms with Gasteiger partial charge < -0.3 is 19.7 Å². The Labute approximate surface area is 125 Å². The van der Waals surface area contributed by atoms with Crippen molar-refractivity contribution in [2.45, 2.75) is 19.4 Å². The minimum Gasteiger partial charge on any atom is -0.477 e. The number of hydrogen-bond donors (Lipinski definition) is 1. The molecule has 1 aromatic carbocycles. The van der Waals surface area contributed by atoms with Gasteiger partial charge in [-0.3, -0.25) is 4.79 Å². The molecule has 2 aliphatic heterocycles. The summed E-state index contributed by atoms with van der Waals surface area (Å²) >= 11 is 0. The van der Waals surface area contributed by atoms with Gasteiger partial charge in [0.05, 0.1) is 18.8 Å². The van der Waals surface area contributed by atoms with Crippen molar-refractivity contribution in [2.75, 3.05) is 38.2 Å². The highest BCUT2D eigenvalue weighted by molar-refractivity contribution is 5.83. The van der Waals surface area contributed by atoms with E-state index in [1.165, 1.54) is 0 Å². The normalized spacial score (nSPS) is 23.9. The van der Waals surface area contributed by atoms with Gasteiger partial charge in [-0.1, -0.05) is 12.1 Å². The molecule has 3 rings (SSSR count). The Balaban J connectivity index is 1.64. The smallest absolute Gasteiger partial charge is 0.265 e. The van der Waals surface area contributed by atoms with E-state index >= 15 is 0 Å². The molecule has 2 unspecified atom stereocenters. The third kappa shape index (κ3) is 3.13. The number of para-hydroxylation sites is 2. The average Bonchev–Trinajstić information content (AvgIpc) is 3.04. The minimum absolute atomic E-state index is 0.0615. The van der Waals surface area contributed by atoms with Gasteiger partial charge in [-0.05, 0) is 25.5 Å². The summed E-state index contributed by atoms with van der Waals surface area (Å²) in [5, 5.41) is 3.27. The number of fused-ring (bicyclic) bond motifs is 1. The van der Waals surface area contributed by atoms with E-state index in [9.17, 15) is 4.79 Å². The molecule has 2 atom stereocenters. The maximum absolute atomic E-state index is 12.6. The molecule has 114 valence electrons. The molecule has 1 aromatic rings. The summed E-state index contributed by atoms with van der Waals surface area (Å²) in [5.41, 5.74) is 0.953. The van der Waals surface area contributed by atoms with Crippen molar-refractivity contribution in [1.82, 2.24) is 4.90 Å². The van der Waals surface area contributed by atoms with E-state index < -0.39 is 6.10 Å². The number of nitrogens with zero attached hydrogens (tertiary/aromatic N) is 1. The average molecular weight is 290 g/mol. The number of amides is 1. The number of likely N-dealkylation sites (N-methyl/N-ethyl adjacent to an activating group) is 1. The molecule has 1 saturated heterocycles. The maximum atomic E-state index is 12.6. The van der Waals surface area contributed by atoms with Crippen LogP contribution in [0.25, 0.3) is 0 Å². The first-order valence-electron chi connectivity index (χ1n) is 7.64. The molecule has 0 radical (unpaired) electrons. The number of hydrogen-bond acceptors (Lipinski definition) is 4. The number of carbonyl (C=O) groups is 1. The van der Waals surface area contributed by atoms with Crippen LogP contribution in [0, 0.1) is 5.92 Å². The van der Waals surface area contributed by atoms with E-state index in [4.69, 9.17) is 9.47 Å². The molecule has 0 aromatic heterocycles. The second-order valence-corrected chi connectivity index (χ2v) is 5.59. The Bertz CT molecular complexity index is 500. The van der Waals surface area contributed by atoms with E-state index in [0.717, 1.165) is 37.6 Å². The molecule has 0 saturated carbocycles. The third-order valence-corrected chi connectivity index (χ3v) is 4.11. The number of benzene rings is 1. The lowest BCUT2D eigenvalue weighted by Crippen LogP contribution is -2.48. The predicted molar refractivity (Wildman–Crippen MR) is 80.5 cm³/mol. The fourth-order valence-electron chi connectivity index (χ4n) is 2.87. The Kier molecular flexibility index (Phi) is 4.29. The van der Waals surface area contributed by atoms with Crippen molar-refractivity contribution in [1.29, 1.82) is 0 Å². The maximum Gasteiger partial charge on any atom is 0.265 e. The number of ether oxygens (including phenoxy) is 2. The van der Waals surface area contributed by atoms with Crippen LogP contribution >= 0.6 is 0 Å². The number of carbonyl (C=O) groups excluding carboxylic acids is 1. The minimum atomic E-state index is -0.442. The number of anilines is 1. The molecule has 0 bridgehead atoms. The van der Waals surface area contributed by atoms with E-state index in [0.29, 0.717) is 19.0 Å². The van der Waals surface area contributed by atoms with Crippen LogP contribution in [0.2, 0.25) is 0 Å². The first-order chi connectivity index (χ1) is 10.3. The second-order valence-electron chi connectivity index (χ2n) is 5.59. The van der Waals surface area contributed by atoms with Gasteiger partial charge in [-0.2, -0.15) is 0 Å². The Morgan fingerprint density at radius 2 is 2.29 bits per heavy atom. The van der Waals surface area contributed by atoms with Gasteiger partial charge in [-0.15, -0.1) is 0 Å². The standard InChI is InChI=1S/C16H22N2O3/c1-2-18(10-12-7-8-20-11-12)16(19)15-9-17-13-5-3-4-6-14(13)21-15/h3-6,12,15,17H,2,7-11H2,1H3. The fourth-order valence-corrected chi connectivity index (χ4v) is 2.87. The van der Waals surface area contributed by atoms with Crippen LogP contribution < -0.4 is 10.1 Å². The van der Waals surface area contributed by atoms with Crippen molar-refractivity contribution in [3.63, 3.8) is 0 Å². The van der Waals surface area contributed by atoms with Gasteiger partial charge in [0.25, 0.3) is 5.91 Å². The van der Waals surface area contributed by atoms with E-state index in [1.807, 2.05) is 36.1 Å². The van der Waals surface area contributed by atoms with Crippen molar-refractivity contribution in [3.8, 4) is 5.75 Å². The second kappa shape index (κ2) is 6.35. The van der Waals surface area contributed by atoms with Crippen molar-refractivity contribution in [2.24, 2.45) is 5.92 Å². The van der Waals surface area contributed by atoms with E-state index in [1.54, 1.807) is 0 Å². The van der Waals surface area contributed by atoms with Crippen molar-refractivity contribution < 1.29 is 14.3 Å². The summed E-state index contributed by atoms with van der Waals surface area (Å²) in [6.07, 6.45) is 0.596. The first kappa shape index (κ1) is 14.2. The van der Waals surface area contributed by atoms with Crippen LogP contribution in [0.3, 0.4) is 0 Å². The summed E-state index contributed by atoms with van der Waals surface area (Å²) in [4.78, 5) is 14.5. The molecule has 5 heteroatoms. The van der Waals surface area contributed by atoms with E-state index in [-0.39, 0.29) is 5.91 Å². The van der Waals surface area contributed by atoms with Crippen molar-refractivity contribution in [3.05, 3.63) is 24.3 Å².